The Bertz CT molecular complexity index is 1920. The van der Waals surface area contributed by atoms with Gasteiger partial charge >= 0.3 is 26.2 Å². The average Bonchev–Trinajstić information content (AvgIpc) is 3.83. The number of unbranched alkanes of at least 4 members (excludes halogenated alkanes) is 2. The second-order valence-corrected chi connectivity index (χ2v) is 13.2. The summed E-state index contributed by atoms with van der Waals surface area (Å²) >= 11 is 0. The zero-order chi connectivity index (χ0) is 34.1. The van der Waals surface area contributed by atoms with E-state index in [2.05, 4.69) is 145 Å². The van der Waals surface area contributed by atoms with Gasteiger partial charge in [-0.1, -0.05) is 135 Å². The third-order valence-corrected chi connectivity index (χ3v) is 9.83. The molecule has 53 heavy (non-hydrogen) atoms. The molecule has 0 saturated heterocycles. The van der Waals surface area contributed by atoms with Gasteiger partial charge in [-0.05, 0) is 84.0 Å². The molecule has 0 bridgehead atoms. The molecule has 264 valence electrons. The summed E-state index contributed by atoms with van der Waals surface area (Å²) in [6, 6.07) is 43.3. The van der Waals surface area contributed by atoms with Crippen LogP contribution in [0.5, 0.6) is 0 Å². The first-order valence-electron chi connectivity index (χ1n) is 18.2. The van der Waals surface area contributed by atoms with E-state index in [0.717, 1.165) is 11.4 Å². The van der Waals surface area contributed by atoms with E-state index in [1.54, 1.807) is 0 Å². The summed E-state index contributed by atoms with van der Waals surface area (Å²) in [4.78, 5) is 9.04. The van der Waals surface area contributed by atoms with Crippen LogP contribution in [0.4, 0.5) is 0 Å². The molecule has 2 aliphatic rings. The molecule has 2 nitrogen and oxygen atoms in total. The van der Waals surface area contributed by atoms with Crippen LogP contribution in [-0.2, 0) is 39.0 Å². The molecule has 0 aliphatic heterocycles. The standard InChI is InChI=1S/2C24H22N.2ClH.Zr/c2*1-2-3-7-18-11-13-19(14-12-18)20-8-6-9-21-22(20)15-16-23(21)24-10-4-5-17-25-24;;;/h2*4-6,8-15,17,23H,2-3,7H2,1H3;2*1H;/q2*-1;;;+4/p-2. The number of hydrogen-bond donors (Lipinski definition) is 0. The predicted octanol–water partition coefficient (Wildman–Crippen LogP) is 6.11. The minimum absolute atomic E-state index is 0. The molecule has 0 radical (unpaired) electrons. The normalized spacial score (nSPS) is 14.5. The second-order valence-electron chi connectivity index (χ2n) is 13.2. The Kier molecular flexibility index (Phi) is 16.2. The molecule has 0 N–H and O–H groups in total. The van der Waals surface area contributed by atoms with E-state index >= 15 is 0 Å². The number of fused-ring (bicyclic) bond motifs is 2. The second kappa shape index (κ2) is 20.5. The number of aromatic nitrogens is 2. The van der Waals surface area contributed by atoms with E-state index in [-0.39, 0.29) is 62.9 Å². The van der Waals surface area contributed by atoms with Crippen molar-refractivity contribution in [1.29, 1.82) is 0 Å². The van der Waals surface area contributed by atoms with Gasteiger partial charge in [-0.2, -0.15) is 11.1 Å². The van der Waals surface area contributed by atoms with Crippen molar-refractivity contribution in [2.45, 2.75) is 64.2 Å². The third-order valence-electron chi connectivity index (χ3n) is 9.83. The maximum Gasteiger partial charge on any atom is 4.00 e. The van der Waals surface area contributed by atoms with Gasteiger partial charge in [0.05, 0.1) is 0 Å². The molecular weight excluding hydrogens is 767 g/mol. The van der Waals surface area contributed by atoms with Crippen LogP contribution in [0.3, 0.4) is 0 Å². The number of halogens is 2. The van der Waals surface area contributed by atoms with Crippen LogP contribution < -0.4 is 24.8 Å². The van der Waals surface area contributed by atoms with Gasteiger partial charge in [0.1, 0.15) is 0 Å². The van der Waals surface area contributed by atoms with Crippen LogP contribution in [-0.4, -0.2) is 9.97 Å². The average molecular weight is 811 g/mol. The fourth-order valence-electron chi connectivity index (χ4n) is 7.05. The minimum Gasteiger partial charge on any atom is -1.00 e. The van der Waals surface area contributed by atoms with E-state index < -0.39 is 0 Å². The molecule has 6 aromatic rings. The van der Waals surface area contributed by atoms with E-state index in [1.807, 2.05) is 36.7 Å². The van der Waals surface area contributed by atoms with Gasteiger partial charge in [0.15, 0.2) is 0 Å². The molecular formula is C48H44Cl2N2Zr. The van der Waals surface area contributed by atoms with Crippen LogP contribution in [0.15, 0.2) is 134 Å². The number of aryl methyl sites for hydroxylation is 2. The van der Waals surface area contributed by atoms with E-state index in [9.17, 15) is 0 Å². The van der Waals surface area contributed by atoms with Crippen molar-refractivity contribution in [3.8, 4) is 22.3 Å². The van der Waals surface area contributed by atoms with E-state index in [1.165, 1.54) is 94.2 Å². The Hall–Kier alpha value is -3.88. The largest absolute Gasteiger partial charge is 4.00 e. The van der Waals surface area contributed by atoms with Gasteiger partial charge in [-0.3, -0.25) is 22.1 Å². The minimum atomic E-state index is 0. The van der Waals surface area contributed by atoms with E-state index in [4.69, 9.17) is 0 Å². The van der Waals surface area contributed by atoms with E-state index in [0.29, 0.717) is 0 Å². The van der Waals surface area contributed by atoms with Gasteiger partial charge < -0.3 is 24.8 Å². The predicted molar refractivity (Wildman–Crippen MR) is 209 cm³/mol. The van der Waals surface area contributed by atoms with Crippen LogP contribution in [0, 0.1) is 12.2 Å². The maximum absolute atomic E-state index is 4.52. The van der Waals surface area contributed by atoms with Gasteiger partial charge in [0.2, 0.25) is 0 Å². The van der Waals surface area contributed by atoms with Gasteiger partial charge in [-0.25, -0.2) is 12.2 Å². The number of hydrogen-bond acceptors (Lipinski definition) is 2. The number of pyridine rings is 2. The molecule has 2 heterocycles. The Morgan fingerprint density at radius 3 is 1.26 bits per heavy atom. The van der Waals surface area contributed by atoms with Gasteiger partial charge in [0.25, 0.3) is 0 Å². The van der Waals surface area contributed by atoms with Gasteiger partial charge in [0, 0.05) is 23.8 Å². The van der Waals surface area contributed by atoms with Crippen molar-refractivity contribution in [3.05, 3.63) is 191 Å². The van der Waals surface area contributed by atoms with Crippen LogP contribution in [0.25, 0.3) is 34.4 Å². The van der Waals surface area contributed by atoms with Crippen molar-refractivity contribution in [1.82, 2.24) is 9.97 Å². The summed E-state index contributed by atoms with van der Waals surface area (Å²) in [6.45, 7) is 4.48. The first-order chi connectivity index (χ1) is 24.7. The summed E-state index contributed by atoms with van der Waals surface area (Å²) in [7, 11) is 0. The molecule has 0 saturated carbocycles. The molecule has 2 unspecified atom stereocenters. The third kappa shape index (κ3) is 9.82. The molecule has 0 fully saturated rings. The molecule has 0 spiro atoms. The summed E-state index contributed by atoms with van der Waals surface area (Å²) in [5.41, 5.74) is 15.2. The number of allylic oxidation sites excluding steroid dienone is 2. The van der Waals surface area contributed by atoms with Gasteiger partial charge in [-0.15, -0.1) is 11.1 Å². The number of benzene rings is 4. The molecule has 2 aromatic heterocycles. The summed E-state index contributed by atoms with van der Waals surface area (Å²) in [6.07, 6.45) is 22.3. The first-order valence-corrected chi connectivity index (χ1v) is 18.2. The zero-order valence-electron chi connectivity index (χ0n) is 30.4. The maximum atomic E-state index is 4.52. The number of nitrogens with zero attached hydrogens (tertiary/aromatic N) is 2. The summed E-state index contributed by atoms with van der Waals surface area (Å²) in [5.74, 6) is 0.278. The Labute approximate surface area is 347 Å². The summed E-state index contributed by atoms with van der Waals surface area (Å²) < 4.78 is 0. The van der Waals surface area contributed by atoms with Crippen LogP contribution in [0.2, 0.25) is 0 Å². The smallest absolute Gasteiger partial charge is 1.00 e. The topological polar surface area (TPSA) is 25.8 Å². The molecule has 0 amide bonds. The van der Waals surface area contributed by atoms with Crippen molar-refractivity contribution in [3.63, 3.8) is 0 Å². The first kappa shape index (κ1) is 41.9. The van der Waals surface area contributed by atoms with Crippen molar-refractivity contribution in [2.75, 3.05) is 0 Å². The Morgan fingerprint density at radius 1 is 0.491 bits per heavy atom. The van der Waals surface area contributed by atoms with Crippen molar-refractivity contribution in [2.24, 2.45) is 0 Å². The molecule has 2 atom stereocenters. The SMILES string of the molecule is CCCCc1ccc(-c2cccc3c2C=[C-]C3c2ccccn2)cc1.CCCCc1ccc(-c2cccc3c2C=[C-]C3c2ccccn2)cc1.[Cl-].[Cl-].[Zr+4]. The molecule has 5 heteroatoms. The van der Waals surface area contributed by atoms with Crippen LogP contribution in [0.1, 0.15) is 96.1 Å². The summed E-state index contributed by atoms with van der Waals surface area (Å²) in [5, 5.41) is 0. The zero-order valence-corrected chi connectivity index (χ0v) is 34.4. The molecule has 2 aliphatic carbocycles. The fraction of sp³-hybridized carbons (Fsp3) is 0.208. The molecule has 8 rings (SSSR count). The molecule has 4 aromatic carbocycles. The Balaban J connectivity index is 0.000000224. The number of rotatable bonds is 10. The quantitative estimate of drug-likeness (QED) is 0.156. The fourth-order valence-corrected chi connectivity index (χ4v) is 7.05. The van der Waals surface area contributed by atoms with Crippen molar-refractivity contribution >= 4 is 12.2 Å². The Morgan fingerprint density at radius 2 is 0.906 bits per heavy atom. The monoisotopic (exact) mass is 808 g/mol. The van der Waals surface area contributed by atoms with Crippen LogP contribution >= 0.6 is 0 Å². The van der Waals surface area contributed by atoms with Crippen molar-refractivity contribution < 1.29 is 51.0 Å².